The lowest BCUT2D eigenvalue weighted by molar-refractivity contribution is -0.146. The summed E-state index contributed by atoms with van der Waals surface area (Å²) < 4.78 is 11.9. The minimum atomic E-state index is -0.969. The van der Waals surface area contributed by atoms with Crippen molar-refractivity contribution in [2.45, 2.75) is 56.3 Å². The van der Waals surface area contributed by atoms with Crippen molar-refractivity contribution in [3.8, 4) is 0 Å². The number of hydrogen-bond acceptors (Lipinski definition) is 7. The summed E-state index contributed by atoms with van der Waals surface area (Å²) >= 11 is 0. The highest BCUT2D eigenvalue weighted by Crippen LogP contribution is 2.63. The van der Waals surface area contributed by atoms with Crippen molar-refractivity contribution in [2.75, 3.05) is 59.6 Å². The average molecular weight is 467 g/mol. The van der Waals surface area contributed by atoms with Crippen molar-refractivity contribution in [1.82, 2.24) is 20.4 Å². The molecule has 0 aromatic rings. The molecule has 4 aliphatic rings. The number of morpholine rings is 1. The quantitative estimate of drug-likeness (QED) is 0.357. The van der Waals surface area contributed by atoms with Crippen LogP contribution < -0.4 is 10.6 Å². The number of hydrogen-bond donors (Lipinski definition) is 3. The van der Waals surface area contributed by atoms with E-state index in [1.54, 1.807) is 11.9 Å². The Morgan fingerprint density at radius 2 is 1.88 bits per heavy atom. The van der Waals surface area contributed by atoms with E-state index in [0.29, 0.717) is 52.0 Å². The zero-order valence-electron chi connectivity index (χ0n) is 19.8. The van der Waals surface area contributed by atoms with E-state index in [4.69, 9.17) is 14.6 Å². The van der Waals surface area contributed by atoms with Gasteiger partial charge >= 0.3 is 0 Å². The normalized spacial score (nSPS) is 35.7. The second-order valence-electron chi connectivity index (χ2n) is 9.90. The van der Waals surface area contributed by atoms with E-state index in [1.165, 1.54) is 0 Å². The van der Waals surface area contributed by atoms with Crippen LogP contribution in [-0.2, 0) is 23.9 Å². The molecule has 10 nitrogen and oxygen atoms in total. The third-order valence-electron chi connectivity index (χ3n) is 7.94. The summed E-state index contributed by atoms with van der Waals surface area (Å²) in [5, 5.41) is 14.9. The van der Waals surface area contributed by atoms with Gasteiger partial charge in [0.15, 0.2) is 0 Å². The summed E-state index contributed by atoms with van der Waals surface area (Å²) in [4.78, 5) is 43.9. The molecule has 4 fully saturated rings. The SMILES string of the molecule is CNC(=O)[C@H]1[C@H]2C(=O)N(CCCCCO)C(C(=O)NCCN3CCOCC3)C23CC[C@]1(C)O3. The average Bonchev–Trinajstić information content (AvgIpc) is 3.38. The molecule has 4 heterocycles. The van der Waals surface area contributed by atoms with Gasteiger partial charge in [-0.1, -0.05) is 0 Å². The van der Waals surface area contributed by atoms with Gasteiger partial charge in [0, 0.05) is 46.4 Å². The Balaban J connectivity index is 1.53. The molecule has 0 aromatic heterocycles. The zero-order chi connectivity index (χ0) is 23.6. The first-order valence-corrected chi connectivity index (χ1v) is 12.3. The summed E-state index contributed by atoms with van der Waals surface area (Å²) in [6, 6.07) is -0.745. The number of aliphatic hydroxyl groups is 1. The zero-order valence-corrected chi connectivity index (χ0v) is 19.8. The number of nitrogens with one attached hydrogen (secondary N) is 2. The Labute approximate surface area is 195 Å². The Morgan fingerprint density at radius 3 is 2.58 bits per heavy atom. The first-order valence-electron chi connectivity index (χ1n) is 12.3. The minimum Gasteiger partial charge on any atom is -0.396 e. The molecular weight excluding hydrogens is 428 g/mol. The Bertz CT molecular complexity index is 759. The van der Waals surface area contributed by atoms with Gasteiger partial charge in [-0.05, 0) is 39.0 Å². The minimum absolute atomic E-state index is 0.103. The van der Waals surface area contributed by atoms with Crippen molar-refractivity contribution in [1.29, 1.82) is 0 Å². The number of ether oxygens (including phenoxy) is 2. The van der Waals surface area contributed by atoms with E-state index < -0.39 is 29.1 Å². The maximum Gasteiger partial charge on any atom is 0.245 e. The number of carbonyl (C=O) groups is 3. The molecular formula is C23H38N4O6. The lowest BCUT2D eigenvalue weighted by Crippen LogP contribution is -2.56. The van der Waals surface area contributed by atoms with E-state index in [0.717, 1.165) is 26.1 Å². The Kier molecular flexibility index (Phi) is 7.28. The molecule has 4 aliphatic heterocycles. The van der Waals surface area contributed by atoms with Crippen molar-refractivity contribution < 1.29 is 29.0 Å². The molecule has 0 aliphatic carbocycles. The highest BCUT2D eigenvalue weighted by atomic mass is 16.5. The van der Waals surface area contributed by atoms with Crippen LogP contribution in [0.3, 0.4) is 0 Å². The van der Waals surface area contributed by atoms with Crippen LogP contribution in [0.5, 0.6) is 0 Å². The van der Waals surface area contributed by atoms with Crippen molar-refractivity contribution in [2.24, 2.45) is 11.8 Å². The first-order chi connectivity index (χ1) is 15.9. The van der Waals surface area contributed by atoms with Gasteiger partial charge < -0.3 is 30.1 Å². The van der Waals surface area contributed by atoms with Crippen molar-refractivity contribution in [3.05, 3.63) is 0 Å². The predicted molar refractivity (Wildman–Crippen MR) is 119 cm³/mol. The fraction of sp³-hybridized carbons (Fsp3) is 0.870. The second kappa shape index (κ2) is 9.85. The number of rotatable bonds is 10. The van der Waals surface area contributed by atoms with Crippen LogP contribution in [0.4, 0.5) is 0 Å². The van der Waals surface area contributed by atoms with Crippen LogP contribution in [0.25, 0.3) is 0 Å². The molecule has 0 saturated carbocycles. The van der Waals surface area contributed by atoms with Crippen LogP contribution in [0.15, 0.2) is 0 Å². The number of unbranched alkanes of at least 4 members (excludes halogenated alkanes) is 2. The third-order valence-corrected chi connectivity index (χ3v) is 7.94. The van der Waals surface area contributed by atoms with Gasteiger partial charge in [0.05, 0.1) is 30.7 Å². The van der Waals surface area contributed by atoms with Gasteiger partial charge in [0.2, 0.25) is 17.7 Å². The monoisotopic (exact) mass is 466 g/mol. The lowest BCUT2D eigenvalue weighted by Gasteiger charge is -2.34. The van der Waals surface area contributed by atoms with Gasteiger partial charge in [-0.3, -0.25) is 19.3 Å². The Morgan fingerprint density at radius 1 is 1.12 bits per heavy atom. The van der Waals surface area contributed by atoms with Gasteiger partial charge in [-0.2, -0.15) is 0 Å². The number of amides is 3. The molecule has 3 N–H and O–H groups in total. The molecule has 0 radical (unpaired) electrons. The molecule has 5 atom stereocenters. The standard InChI is InChI=1S/C23H38N4O6/c1-22-6-7-23(33-22)17(16(22)19(29)24-2)21(31)27(9-4-3-5-13-28)18(23)20(30)25-8-10-26-11-14-32-15-12-26/h16-18,28H,3-15H2,1-2H3,(H,24,29)(H,25,30)/t16-,17+,18?,22+,23?/m1/s1. The number of nitrogens with zero attached hydrogens (tertiary/aromatic N) is 2. The second-order valence-corrected chi connectivity index (χ2v) is 9.90. The van der Waals surface area contributed by atoms with E-state index >= 15 is 0 Å². The molecule has 4 saturated heterocycles. The lowest BCUT2D eigenvalue weighted by atomic mass is 9.66. The fourth-order valence-electron chi connectivity index (χ4n) is 6.35. The molecule has 4 rings (SSSR count). The summed E-state index contributed by atoms with van der Waals surface area (Å²) in [5.41, 5.74) is -1.71. The van der Waals surface area contributed by atoms with Crippen LogP contribution in [0, 0.1) is 11.8 Å². The molecule has 2 bridgehead atoms. The fourth-order valence-corrected chi connectivity index (χ4v) is 6.35. The Hall–Kier alpha value is -1.75. The maximum absolute atomic E-state index is 13.7. The highest BCUT2D eigenvalue weighted by Gasteiger charge is 2.77. The maximum atomic E-state index is 13.7. The molecule has 0 aromatic carbocycles. The third kappa shape index (κ3) is 4.26. The largest absolute Gasteiger partial charge is 0.396 e. The number of carbonyl (C=O) groups excluding carboxylic acids is 3. The highest BCUT2D eigenvalue weighted by molar-refractivity contribution is 5.99. The summed E-state index contributed by atoms with van der Waals surface area (Å²) in [5.74, 6) is -1.82. The molecule has 3 amide bonds. The van der Waals surface area contributed by atoms with E-state index in [2.05, 4.69) is 15.5 Å². The van der Waals surface area contributed by atoms with E-state index in [1.807, 2.05) is 6.92 Å². The van der Waals surface area contributed by atoms with Gasteiger partial charge in [-0.25, -0.2) is 0 Å². The molecule has 1 spiro atoms. The molecule has 33 heavy (non-hydrogen) atoms. The van der Waals surface area contributed by atoms with Gasteiger partial charge in [0.1, 0.15) is 11.6 Å². The van der Waals surface area contributed by atoms with Crippen molar-refractivity contribution >= 4 is 17.7 Å². The molecule has 186 valence electrons. The van der Waals surface area contributed by atoms with Crippen LogP contribution in [0.1, 0.15) is 39.0 Å². The smallest absolute Gasteiger partial charge is 0.245 e. The predicted octanol–water partition coefficient (Wildman–Crippen LogP) is -0.892. The summed E-state index contributed by atoms with van der Waals surface area (Å²) in [7, 11) is 1.58. The van der Waals surface area contributed by atoms with E-state index in [-0.39, 0.29) is 24.3 Å². The number of fused-ring (bicyclic) bond motifs is 1. The van der Waals surface area contributed by atoms with Gasteiger partial charge in [-0.15, -0.1) is 0 Å². The van der Waals surface area contributed by atoms with Crippen LogP contribution in [0.2, 0.25) is 0 Å². The van der Waals surface area contributed by atoms with Crippen LogP contribution >= 0.6 is 0 Å². The molecule has 10 heteroatoms. The van der Waals surface area contributed by atoms with Crippen LogP contribution in [-0.4, -0.2) is 109 Å². The first kappa shape index (κ1) is 24.4. The molecule has 2 unspecified atom stereocenters. The van der Waals surface area contributed by atoms with Gasteiger partial charge in [0.25, 0.3) is 0 Å². The number of aliphatic hydroxyl groups excluding tert-OH is 1. The topological polar surface area (TPSA) is 120 Å². The summed E-state index contributed by atoms with van der Waals surface area (Å²) in [6.07, 6.45) is 3.34. The van der Waals surface area contributed by atoms with Crippen molar-refractivity contribution in [3.63, 3.8) is 0 Å². The summed E-state index contributed by atoms with van der Waals surface area (Å²) in [6.45, 7) is 6.71. The van der Waals surface area contributed by atoms with E-state index in [9.17, 15) is 14.4 Å². The number of likely N-dealkylation sites (tertiary alicyclic amines) is 1.